The molecule has 1 aromatic heterocycles. The van der Waals surface area contributed by atoms with E-state index in [0.717, 1.165) is 44.7 Å². The van der Waals surface area contributed by atoms with E-state index in [1.807, 2.05) is 23.1 Å². The second kappa shape index (κ2) is 7.41. The van der Waals surface area contributed by atoms with E-state index in [-0.39, 0.29) is 5.41 Å². The van der Waals surface area contributed by atoms with Gasteiger partial charge in [-0.2, -0.15) is 0 Å². The summed E-state index contributed by atoms with van der Waals surface area (Å²) in [5.74, 6) is 0.323. The lowest BCUT2D eigenvalue weighted by molar-refractivity contribution is -0.136. The van der Waals surface area contributed by atoms with Crippen LogP contribution in [0.1, 0.15) is 24.1 Å². The van der Waals surface area contributed by atoms with Crippen molar-refractivity contribution >= 4 is 17.7 Å². The van der Waals surface area contributed by atoms with Crippen LogP contribution in [0.25, 0.3) is 0 Å². The molecule has 5 heteroatoms. The van der Waals surface area contributed by atoms with E-state index in [0.29, 0.717) is 12.5 Å². The van der Waals surface area contributed by atoms with E-state index in [9.17, 15) is 4.79 Å². The van der Waals surface area contributed by atoms with E-state index in [2.05, 4.69) is 40.4 Å². The Morgan fingerprint density at radius 3 is 2.81 bits per heavy atom. The number of nitrogens with zero attached hydrogens (tertiary/aromatic N) is 3. The zero-order valence-electron chi connectivity index (χ0n) is 15.2. The summed E-state index contributed by atoms with van der Waals surface area (Å²) in [6.45, 7) is 4.31. The lowest BCUT2D eigenvalue weighted by Gasteiger charge is -2.23. The molecule has 26 heavy (non-hydrogen) atoms. The summed E-state index contributed by atoms with van der Waals surface area (Å²) in [5.41, 5.74) is 2.14. The Bertz CT molecular complexity index is 782. The number of rotatable bonds is 5. The predicted molar refractivity (Wildman–Crippen MR) is 105 cm³/mol. The van der Waals surface area contributed by atoms with Crippen molar-refractivity contribution in [1.29, 1.82) is 0 Å². The summed E-state index contributed by atoms with van der Waals surface area (Å²) >= 11 is 1.78. The number of pyridine rings is 1. The molecule has 3 heterocycles. The minimum absolute atomic E-state index is 0.175. The highest BCUT2D eigenvalue weighted by Crippen LogP contribution is 2.41. The van der Waals surface area contributed by atoms with Gasteiger partial charge in [0.25, 0.3) is 0 Å². The van der Waals surface area contributed by atoms with Crippen LogP contribution in [0.2, 0.25) is 0 Å². The Morgan fingerprint density at radius 2 is 2.00 bits per heavy atom. The number of carbonyl (C=O) groups is 1. The highest BCUT2D eigenvalue weighted by Gasteiger charge is 2.50. The number of aromatic nitrogens is 1. The molecule has 1 unspecified atom stereocenters. The molecular formula is C21H25N3OS. The van der Waals surface area contributed by atoms with Crippen LogP contribution in [0.15, 0.2) is 53.6 Å². The molecule has 2 aliphatic rings. The molecule has 1 amide bonds. The molecule has 136 valence electrons. The number of hydrogen-bond donors (Lipinski definition) is 0. The Balaban J connectivity index is 1.40. The maximum Gasteiger partial charge on any atom is 0.230 e. The largest absolute Gasteiger partial charge is 0.336 e. The van der Waals surface area contributed by atoms with Crippen LogP contribution >= 0.6 is 11.8 Å². The van der Waals surface area contributed by atoms with Gasteiger partial charge >= 0.3 is 0 Å². The summed E-state index contributed by atoms with van der Waals surface area (Å²) in [7, 11) is 0. The standard InChI is InChI=1S/C21H25N3OS/c1-26-19-7-4-5-17(13-19)14-23-11-8-21(16-23)9-12-24(20(21)25)15-18-6-2-3-10-22-18/h2-7,10,13H,8-9,11-12,14-16H2,1H3. The summed E-state index contributed by atoms with van der Waals surface area (Å²) in [5, 5.41) is 0. The smallest absolute Gasteiger partial charge is 0.230 e. The molecule has 0 radical (unpaired) electrons. The number of likely N-dealkylation sites (tertiary alicyclic amines) is 2. The first-order chi connectivity index (χ1) is 12.7. The molecule has 1 atom stereocenters. The average Bonchev–Trinajstić information content (AvgIpc) is 3.22. The fraction of sp³-hybridized carbons (Fsp3) is 0.429. The van der Waals surface area contributed by atoms with E-state index in [4.69, 9.17) is 0 Å². The van der Waals surface area contributed by atoms with Crippen molar-refractivity contribution in [2.75, 3.05) is 25.9 Å². The Morgan fingerprint density at radius 1 is 1.12 bits per heavy atom. The molecular weight excluding hydrogens is 342 g/mol. The third-order valence-corrected chi connectivity index (χ3v) is 6.38. The van der Waals surface area contributed by atoms with Crippen molar-refractivity contribution in [1.82, 2.24) is 14.8 Å². The monoisotopic (exact) mass is 367 g/mol. The van der Waals surface area contributed by atoms with Gasteiger partial charge in [0, 0.05) is 30.7 Å². The number of amides is 1. The van der Waals surface area contributed by atoms with Crippen LogP contribution in [-0.2, 0) is 17.9 Å². The first-order valence-electron chi connectivity index (χ1n) is 9.23. The quantitative estimate of drug-likeness (QED) is 0.759. The van der Waals surface area contributed by atoms with Gasteiger partial charge in [-0.1, -0.05) is 18.2 Å². The molecule has 4 nitrogen and oxygen atoms in total. The van der Waals surface area contributed by atoms with E-state index in [1.165, 1.54) is 10.5 Å². The molecule has 0 bridgehead atoms. The highest BCUT2D eigenvalue weighted by molar-refractivity contribution is 7.98. The molecule has 4 rings (SSSR count). The second-order valence-electron chi connectivity index (χ2n) is 7.39. The van der Waals surface area contributed by atoms with Gasteiger partial charge in [0.05, 0.1) is 17.7 Å². The van der Waals surface area contributed by atoms with Gasteiger partial charge in [0.2, 0.25) is 5.91 Å². The van der Waals surface area contributed by atoms with Crippen LogP contribution < -0.4 is 0 Å². The third kappa shape index (κ3) is 3.51. The van der Waals surface area contributed by atoms with Crippen molar-refractivity contribution in [2.24, 2.45) is 5.41 Å². The van der Waals surface area contributed by atoms with Crippen molar-refractivity contribution in [3.05, 3.63) is 59.9 Å². The zero-order valence-corrected chi connectivity index (χ0v) is 16.0. The predicted octanol–water partition coefficient (Wildman–Crippen LogP) is 3.43. The first-order valence-corrected chi connectivity index (χ1v) is 10.5. The molecule has 0 N–H and O–H groups in total. The van der Waals surface area contributed by atoms with Crippen molar-refractivity contribution in [2.45, 2.75) is 30.8 Å². The fourth-order valence-corrected chi connectivity index (χ4v) is 4.72. The Labute approximate surface area is 159 Å². The zero-order chi connectivity index (χ0) is 18.0. The van der Waals surface area contributed by atoms with Crippen LogP contribution in [0.3, 0.4) is 0 Å². The van der Waals surface area contributed by atoms with Gasteiger partial charge in [-0.25, -0.2) is 0 Å². The maximum absolute atomic E-state index is 13.1. The van der Waals surface area contributed by atoms with Crippen molar-refractivity contribution < 1.29 is 4.79 Å². The molecule has 2 fully saturated rings. The maximum atomic E-state index is 13.1. The highest BCUT2D eigenvalue weighted by atomic mass is 32.2. The molecule has 1 spiro atoms. The van der Waals surface area contributed by atoms with Crippen molar-refractivity contribution in [3.63, 3.8) is 0 Å². The van der Waals surface area contributed by atoms with E-state index >= 15 is 0 Å². The summed E-state index contributed by atoms with van der Waals surface area (Å²) in [6.07, 6.45) is 5.86. The van der Waals surface area contributed by atoms with Crippen LogP contribution in [-0.4, -0.2) is 46.6 Å². The molecule has 0 saturated carbocycles. The summed E-state index contributed by atoms with van der Waals surface area (Å²) in [4.78, 5) is 23.2. The van der Waals surface area contributed by atoms with Gasteiger partial charge in [-0.05, 0) is 55.5 Å². The number of carbonyl (C=O) groups excluding carboxylic acids is 1. The normalized spacial score (nSPS) is 23.3. The topological polar surface area (TPSA) is 36.4 Å². The van der Waals surface area contributed by atoms with Crippen LogP contribution in [0, 0.1) is 5.41 Å². The molecule has 2 aliphatic heterocycles. The minimum Gasteiger partial charge on any atom is -0.336 e. The SMILES string of the molecule is CSc1cccc(CN2CCC3(CCN(Cc4ccccn4)C3=O)C2)c1. The Hall–Kier alpha value is -1.85. The lowest BCUT2D eigenvalue weighted by Crippen LogP contribution is -2.36. The van der Waals surface area contributed by atoms with Gasteiger partial charge in [0.1, 0.15) is 0 Å². The molecule has 1 aromatic carbocycles. The number of benzene rings is 1. The lowest BCUT2D eigenvalue weighted by atomic mass is 9.85. The third-order valence-electron chi connectivity index (χ3n) is 5.65. The number of hydrogen-bond acceptors (Lipinski definition) is 4. The minimum atomic E-state index is -0.175. The first kappa shape index (κ1) is 17.6. The fourth-order valence-electron chi connectivity index (χ4n) is 4.23. The van der Waals surface area contributed by atoms with Gasteiger partial charge in [-0.3, -0.25) is 14.7 Å². The Kier molecular flexibility index (Phi) is 5.00. The number of thioether (sulfide) groups is 1. The van der Waals surface area contributed by atoms with Crippen molar-refractivity contribution in [3.8, 4) is 0 Å². The molecule has 0 aliphatic carbocycles. The van der Waals surface area contributed by atoms with Gasteiger partial charge in [0.15, 0.2) is 0 Å². The average molecular weight is 368 g/mol. The van der Waals surface area contributed by atoms with Crippen LogP contribution in [0.4, 0.5) is 0 Å². The van der Waals surface area contributed by atoms with Gasteiger partial charge < -0.3 is 4.90 Å². The van der Waals surface area contributed by atoms with E-state index in [1.54, 1.807) is 18.0 Å². The van der Waals surface area contributed by atoms with E-state index < -0.39 is 0 Å². The summed E-state index contributed by atoms with van der Waals surface area (Å²) < 4.78 is 0. The second-order valence-corrected chi connectivity index (χ2v) is 8.27. The van der Waals surface area contributed by atoms with Crippen LogP contribution in [0.5, 0.6) is 0 Å². The molecule has 2 aromatic rings. The summed E-state index contributed by atoms with van der Waals surface area (Å²) in [6, 6.07) is 14.6. The van der Waals surface area contributed by atoms with Gasteiger partial charge in [-0.15, -0.1) is 11.8 Å². The molecule has 2 saturated heterocycles.